The van der Waals surface area contributed by atoms with Crippen LogP contribution in [0.4, 0.5) is 0 Å². The van der Waals surface area contributed by atoms with E-state index in [2.05, 4.69) is 68.4 Å². The average molecular weight is 327 g/mol. The van der Waals surface area contributed by atoms with E-state index in [0.717, 1.165) is 13.0 Å². The molecule has 1 fully saturated rings. The lowest BCUT2D eigenvalue weighted by atomic mass is 9.79. The molecule has 1 aliphatic rings. The average Bonchev–Trinajstić information content (AvgIpc) is 2.88. The van der Waals surface area contributed by atoms with Crippen molar-refractivity contribution in [2.24, 2.45) is 5.41 Å². The van der Waals surface area contributed by atoms with E-state index in [-0.39, 0.29) is 17.4 Å². The molecule has 0 saturated carbocycles. The van der Waals surface area contributed by atoms with Crippen LogP contribution in [0.3, 0.4) is 0 Å². The van der Waals surface area contributed by atoms with Crippen molar-refractivity contribution < 1.29 is 4.79 Å². The van der Waals surface area contributed by atoms with Crippen LogP contribution in [0.1, 0.15) is 50.4 Å². The maximum atomic E-state index is 11.8. The molecule has 130 valence electrons. The number of rotatable bonds is 3. The van der Waals surface area contributed by atoms with Gasteiger partial charge < -0.3 is 15.6 Å². The minimum atomic E-state index is 0.0435. The zero-order valence-electron chi connectivity index (χ0n) is 15.4. The Morgan fingerprint density at radius 2 is 1.96 bits per heavy atom. The summed E-state index contributed by atoms with van der Waals surface area (Å²) in [4.78, 5) is 15.3. The number of aryl methyl sites for hydroxylation is 2. The minimum Gasteiger partial charge on any atom is -0.357 e. The molecule has 2 heterocycles. The van der Waals surface area contributed by atoms with Gasteiger partial charge in [0.1, 0.15) is 0 Å². The summed E-state index contributed by atoms with van der Waals surface area (Å²) < 4.78 is 0. The first-order valence-electron chi connectivity index (χ1n) is 8.85. The molecule has 4 heteroatoms. The predicted molar refractivity (Wildman–Crippen MR) is 99.0 cm³/mol. The van der Waals surface area contributed by atoms with Crippen molar-refractivity contribution in [3.8, 4) is 0 Å². The number of nitrogens with one attached hydrogen (secondary N) is 3. The molecular formula is C20H29N3O. The molecule has 0 aliphatic carbocycles. The molecule has 0 spiro atoms. The summed E-state index contributed by atoms with van der Waals surface area (Å²) in [7, 11) is 0. The number of hydrogen-bond donors (Lipinski definition) is 3. The fourth-order valence-corrected chi connectivity index (χ4v) is 3.83. The second-order valence-corrected chi connectivity index (χ2v) is 8.27. The van der Waals surface area contributed by atoms with Crippen LogP contribution in [-0.4, -0.2) is 23.0 Å². The maximum Gasteiger partial charge on any atom is 0.220 e. The first-order valence-corrected chi connectivity index (χ1v) is 8.85. The third-order valence-corrected chi connectivity index (χ3v) is 5.03. The number of benzene rings is 1. The second kappa shape index (κ2) is 6.25. The second-order valence-electron chi connectivity index (χ2n) is 8.27. The summed E-state index contributed by atoms with van der Waals surface area (Å²) in [5.41, 5.74) is 5.04. The Bertz CT molecular complexity index is 754. The van der Waals surface area contributed by atoms with E-state index in [1.54, 1.807) is 0 Å². The van der Waals surface area contributed by atoms with Crippen LogP contribution in [0.15, 0.2) is 18.2 Å². The topological polar surface area (TPSA) is 56.9 Å². The van der Waals surface area contributed by atoms with Gasteiger partial charge in [0.25, 0.3) is 0 Å². The van der Waals surface area contributed by atoms with E-state index < -0.39 is 0 Å². The van der Waals surface area contributed by atoms with Gasteiger partial charge in [-0.2, -0.15) is 0 Å². The highest BCUT2D eigenvalue weighted by atomic mass is 16.1. The molecule has 1 aromatic carbocycles. The van der Waals surface area contributed by atoms with Gasteiger partial charge in [-0.25, -0.2) is 0 Å². The van der Waals surface area contributed by atoms with Gasteiger partial charge in [-0.15, -0.1) is 0 Å². The van der Waals surface area contributed by atoms with E-state index in [1.807, 2.05) is 0 Å². The SMILES string of the molecule is Cc1cc(C)c2cc(CN[C@@H]3CCC(=O)N[C@H]3C(C)(C)C)[nH]c2c1. The molecule has 4 nitrogen and oxygen atoms in total. The van der Waals surface area contributed by atoms with Crippen molar-refractivity contribution in [3.63, 3.8) is 0 Å². The summed E-state index contributed by atoms with van der Waals surface area (Å²) in [6, 6.07) is 7.12. The summed E-state index contributed by atoms with van der Waals surface area (Å²) in [6.07, 6.45) is 1.50. The molecule has 1 saturated heterocycles. The molecule has 24 heavy (non-hydrogen) atoms. The van der Waals surface area contributed by atoms with Crippen molar-refractivity contribution >= 4 is 16.8 Å². The fourth-order valence-electron chi connectivity index (χ4n) is 3.83. The van der Waals surface area contributed by atoms with E-state index in [4.69, 9.17) is 0 Å². The zero-order valence-corrected chi connectivity index (χ0v) is 15.4. The highest BCUT2D eigenvalue weighted by Crippen LogP contribution is 2.27. The van der Waals surface area contributed by atoms with Crippen LogP contribution in [-0.2, 0) is 11.3 Å². The fraction of sp³-hybridized carbons (Fsp3) is 0.550. The van der Waals surface area contributed by atoms with Gasteiger partial charge >= 0.3 is 0 Å². The monoisotopic (exact) mass is 327 g/mol. The number of H-pyrrole nitrogens is 1. The van der Waals surface area contributed by atoms with Crippen molar-refractivity contribution in [1.29, 1.82) is 0 Å². The molecule has 1 aromatic heterocycles. The van der Waals surface area contributed by atoms with E-state index in [0.29, 0.717) is 12.5 Å². The lowest BCUT2D eigenvalue weighted by molar-refractivity contribution is -0.125. The summed E-state index contributed by atoms with van der Waals surface area (Å²) >= 11 is 0. The lowest BCUT2D eigenvalue weighted by Gasteiger charge is -2.41. The number of carbonyl (C=O) groups excluding carboxylic acids is 1. The maximum absolute atomic E-state index is 11.8. The molecule has 3 N–H and O–H groups in total. The first-order chi connectivity index (χ1) is 11.2. The van der Waals surface area contributed by atoms with Gasteiger partial charge in [-0.1, -0.05) is 26.8 Å². The van der Waals surface area contributed by atoms with Crippen LogP contribution in [0.2, 0.25) is 0 Å². The van der Waals surface area contributed by atoms with E-state index in [1.165, 1.54) is 27.7 Å². The van der Waals surface area contributed by atoms with Gasteiger partial charge in [0.2, 0.25) is 5.91 Å². The highest BCUT2D eigenvalue weighted by molar-refractivity contribution is 5.84. The normalized spacial score (nSPS) is 22.0. The van der Waals surface area contributed by atoms with Crippen molar-refractivity contribution in [1.82, 2.24) is 15.6 Å². The number of amides is 1. The summed E-state index contributed by atoms with van der Waals surface area (Å²) in [6.45, 7) is 11.6. The molecule has 1 aliphatic heterocycles. The Morgan fingerprint density at radius 3 is 2.67 bits per heavy atom. The van der Waals surface area contributed by atoms with Crippen LogP contribution in [0.5, 0.6) is 0 Å². The van der Waals surface area contributed by atoms with E-state index in [9.17, 15) is 4.79 Å². The van der Waals surface area contributed by atoms with Crippen molar-refractivity contribution in [3.05, 3.63) is 35.0 Å². The number of aromatic amines is 1. The zero-order chi connectivity index (χ0) is 17.5. The summed E-state index contributed by atoms with van der Waals surface area (Å²) in [5.74, 6) is 0.171. The Balaban J connectivity index is 1.74. The smallest absolute Gasteiger partial charge is 0.220 e. The third-order valence-electron chi connectivity index (χ3n) is 5.03. The van der Waals surface area contributed by atoms with Crippen LogP contribution >= 0.6 is 0 Å². The molecular weight excluding hydrogens is 298 g/mol. The van der Waals surface area contributed by atoms with Crippen LogP contribution in [0.25, 0.3) is 10.9 Å². The Morgan fingerprint density at radius 1 is 1.21 bits per heavy atom. The standard InChI is InChI=1S/C20H29N3O/c1-12-8-13(2)15-10-14(22-17(15)9-12)11-21-16-6-7-18(24)23-19(16)20(3,4)5/h8-10,16,19,21-22H,6-7,11H2,1-5H3,(H,23,24)/t16-,19-/m1/s1. The highest BCUT2D eigenvalue weighted by Gasteiger charge is 2.36. The van der Waals surface area contributed by atoms with Gasteiger partial charge in [0.15, 0.2) is 0 Å². The molecule has 2 atom stereocenters. The Hall–Kier alpha value is -1.81. The molecule has 0 unspecified atom stereocenters. The van der Waals surface area contributed by atoms with Crippen LogP contribution < -0.4 is 10.6 Å². The molecule has 0 radical (unpaired) electrons. The molecule has 3 rings (SSSR count). The molecule has 0 bridgehead atoms. The molecule has 1 amide bonds. The number of carbonyl (C=O) groups is 1. The van der Waals surface area contributed by atoms with Crippen LogP contribution in [0, 0.1) is 19.3 Å². The number of fused-ring (bicyclic) bond motifs is 1. The minimum absolute atomic E-state index is 0.0435. The van der Waals surface area contributed by atoms with E-state index >= 15 is 0 Å². The summed E-state index contributed by atoms with van der Waals surface area (Å²) in [5, 5.41) is 8.13. The third kappa shape index (κ3) is 3.48. The van der Waals surface area contributed by atoms with Gasteiger partial charge in [-0.05, 0) is 48.9 Å². The number of piperidine rings is 1. The number of aromatic nitrogens is 1. The Labute approximate surface area is 144 Å². The van der Waals surface area contributed by atoms with Crippen molar-refractivity contribution in [2.45, 2.75) is 66.1 Å². The predicted octanol–water partition coefficient (Wildman–Crippen LogP) is 3.57. The van der Waals surface area contributed by atoms with Crippen molar-refractivity contribution in [2.75, 3.05) is 0 Å². The van der Waals surface area contributed by atoms with Gasteiger partial charge in [0, 0.05) is 41.6 Å². The lowest BCUT2D eigenvalue weighted by Crippen LogP contribution is -2.59. The Kier molecular flexibility index (Phi) is 4.43. The van der Waals surface area contributed by atoms with Gasteiger partial charge in [0.05, 0.1) is 0 Å². The quantitative estimate of drug-likeness (QED) is 0.807. The first kappa shape index (κ1) is 17.0. The van der Waals surface area contributed by atoms with Gasteiger partial charge in [-0.3, -0.25) is 4.79 Å². The number of hydrogen-bond acceptors (Lipinski definition) is 2. The largest absolute Gasteiger partial charge is 0.357 e. The molecule has 2 aromatic rings.